The van der Waals surface area contributed by atoms with E-state index in [9.17, 15) is 19.3 Å². The van der Waals surface area contributed by atoms with Crippen molar-refractivity contribution in [2.45, 2.75) is 6.92 Å². The fraction of sp³-hybridized carbons (Fsp3) is 0.0769. The highest BCUT2D eigenvalue weighted by Crippen LogP contribution is 2.20. The van der Waals surface area contributed by atoms with Crippen molar-refractivity contribution in [1.82, 2.24) is 4.98 Å². The summed E-state index contributed by atoms with van der Waals surface area (Å²) >= 11 is 3.24. The van der Waals surface area contributed by atoms with E-state index < -0.39 is 22.3 Å². The Hall–Kier alpha value is -2.35. The van der Waals surface area contributed by atoms with Crippen molar-refractivity contribution in [2.24, 2.45) is 0 Å². The molecule has 21 heavy (non-hydrogen) atoms. The molecule has 1 N–H and O–H groups in total. The highest BCUT2D eigenvalue weighted by atomic mass is 79.9. The lowest BCUT2D eigenvalue weighted by Gasteiger charge is -2.07. The van der Waals surface area contributed by atoms with Crippen LogP contribution in [0.2, 0.25) is 0 Å². The number of nitrogens with one attached hydrogen (secondary N) is 1. The van der Waals surface area contributed by atoms with E-state index in [0.29, 0.717) is 11.4 Å². The van der Waals surface area contributed by atoms with Crippen LogP contribution in [0.1, 0.15) is 15.9 Å². The fourth-order valence-corrected chi connectivity index (χ4v) is 2.11. The normalized spacial score (nSPS) is 10.2. The molecule has 0 bridgehead atoms. The Bertz CT molecular complexity index is 737. The molecule has 0 unspecified atom stereocenters. The van der Waals surface area contributed by atoms with Gasteiger partial charge in [0.05, 0.1) is 11.0 Å². The first kappa shape index (κ1) is 15.0. The van der Waals surface area contributed by atoms with E-state index in [1.165, 1.54) is 6.20 Å². The number of aromatic nitrogens is 1. The largest absolute Gasteiger partial charge is 0.306 e. The first-order valence-electron chi connectivity index (χ1n) is 5.75. The molecule has 0 aliphatic heterocycles. The van der Waals surface area contributed by atoms with Crippen LogP contribution in [-0.2, 0) is 0 Å². The smallest absolute Gasteiger partial charge is 0.273 e. The number of aryl methyl sites for hydroxylation is 1. The summed E-state index contributed by atoms with van der Waals surface area (Å²) < 4.78 is 14.1. The first-order valence-corrected chi connectivity index (χ1v) is 6.54. The number of rotatable bonds is 3. The van der Waals surface area contributed by atoms with E-state index in [1.54, 1.807) is 13.0 Å². The average molecular weight is 354 g/mol. The quantitative estimate of drug-likeness (QED) is 0.676. The molecule has 0 aliphatic carbocycles. The Morgan fingerprint density at radius 2 is 2.10 bits per heavy atom. The van der Waals surface area contributed by atoms with Gasteiger partial charge in [0.2, 0.25) is 0 Å². The van der Waals surface area contributed by atoms with Crippen LogP contribution in [0.25, 0.3) is 0 Å². The van der Waals surface area contributed by atoms with Crippen molar-refractivity contribution in [2.75, 3.05) is 5.32 Å². The molecule has 108 valence electrons. The molecule has 1 aromatic heterocycles. The molecule has 2 rings (SSSR count). The van der Waals surface area contributed by atoms with Crippen molar-refractivity contribution in [3.8, 4) is 0 Å². The number of carbonyl (C=O) groups excluding carboxylic acids is 1. The second kappa shape index (κ2) is 5.96. The summed E-state index contributed by atoms with van der Waals surface area (Å²) in [6.45, 7) is 1.74. The molecular formula is C13H9BrFN3O3. The Kier molecular flexibility index (Phi) is 4.27. The number of anilines is 1. The lowest BCUT2D eigenvalue weighted by molar-refractivity contribution is -0.385. The SMILES string of the molecule is Cc1cc(Br)cnc1NC(=O)c1cc(F)cc([N+](=O)[O-])c1. The molecule has 1 heterocycles. The van der Waals surface area contributed by atoms with Gasteiger partial charge >= 0.3 is 0 Å². The number of nitrogens with zero attached hydrogens (tertiary/aromatic N) is 2. The second-order valence-corrected chi connectivity index (χ2v) is 5.14. The third kappa shape index (κ3) is 3.60. The number of nitro groups is 1. The summed E-state index contributed by atoms with van der Waals surface area (Å²) in [6.07, 6.45) is 1.50. The predicted molar refractivity (Wildman–Crippen MR) is 77.7 cm³/mol. The van der Waals surface area contributed by atoms with E-state index >= 15 is 0 Å². The van der Waals surface area contributed by atoms with Crippen LogP contribution in [0.3, 0.4) is 0 Å². The molecule has 0 spiro atoms. The molecule has 0 atom stereocenters. The molecule has 8 heteroatoms. The number of nitro benzene ring substituents is 1. The van der Waals surface area contributed by atoms with E-state index in [1.807, 2.05) is 0 Å². The Balaban J connectivity index is 2.30. The zero-order valence-electron chi connectivity index (χ0n) is 10.8. The highest BCUT2D eigenvalue weighted by Gasteiger charge is 2.15. The molecule has 0 saturated heterocycles. The summed E-state index contributed by atoms with van der Waals surface area (Å²) in [7, 11) is 0. The predicted octanol–water partition coefficient (Wildman–Crippen LogP) is 3.45. The van der Waals surface area contributed by atoms with E-state index in [4.69, 9.17) is 0 Å². The number of halogens is 2. The monoisotopic (exact) mass is 353 g/mol. The number of carbonyl (C=O) groups is 1. The third-order valence-electron chi connectivity index (χ3n) is 2.63. The summed E-state index contributed by atoms with van der Waals surface area (Å²) in [5.74, 6) is -1.22. The van der Waals surface area contributed by atoms with Gasteiger partial charge in [-0.25, -0.2) is 9.37 Å². The molecule has 0 fully saturated rings. The molecule has 6 nitrogen and oxygen atoms in total. The minimum Gasteiger partial charge on any atom is -0.306 e. The molecule has 0 aliphatic rings. The van der Waals surface area contributed by atoms with Gasteiger partial charge in [0.1, 0.15) is 11.6 Å². The summed E-state index contributed by atoms with van der Waals surface area (Å²) in [6, 6.07) is 4.43. The van der Waals surface area contributed by atoms with Crippen molar-refractivity contribution in [3.05, 3.63) is 62.0 Å². The topological polar surface area (TPSA) is 85.1 Å². The van der Waals surface area contributed by atoms with E-state index in [-0.39, 0.29) is 5.56 Å². The van der Waals surface area contributed by atoms with Crippen LogP contribution >= 0.6 is 15.9 Å². The maximum Gasteiger partial charge on any atom is 0.273 e. The standard InChI is InChI=1S/C13H9BrFN3O3/c1-7-2-9(14)6-16-12(7)17-13(19)8-3-10(15)5-11(4-8)18(20)21/h2-6H,1H3,(H,16,17,19). The van der Waals surface area contributed by atoms with E-state index in [0.717, 1.165) is 22.7 Å². The summed E-state index contributed by atoms with van der Waals surface area (Å²) in [5, 5.41) is 13.2. The van der Waals surface area contributed by atoms with Gasteiger partial charge in [-0.1, -0.05) is 0 Å². The number of non-ortho nitro benzene ring substituents is 1. The van der Waals surface area contributed by atoms with Gasteiger partial charge in [0.15, 0.2) is 0 Å². The van der Waals surface area contributed by atoms with Gasteiger partial charge < -0.3 is 5.32 Å². The van der Waals surface area contributed by atoms with Crippen LogP contribution < -0.4 is 5.32 Å². The number of hydrogen-bond donors (Lipinski definition) is 1. The van der Waals surface area contributed by atoms with Crippen LogP contribution in [0.15, 0.2) is 34.9 Å². The van der Waals surface area contributed by atoms with Gasteiger partial charge in [-0.15, -0.1) is 0 Å². The van der Waals surface area contributed by atoms with Crippen LogP contribution in [0.4, 0.5) is 15.9 Å². The third-order valence-corrected chi connectivity index (χ3v) is 3.07. The van der Waals surface area contributed by atoms with Gasteiger partial charge in [0.25, 0.3) is 11.6 Å². The lowest BCUT2D eigenvalue weighted by atomic mass is 10.1. The van der Waals surface area contributed by atoms with Crippen molar-refractivity contribution in [1.29, 1.82) is 0 Å². The number of amides is 1. The maximum absolute atomic E-state index is 13.3. The Morgan fingerprint density at radius 3 is 2.71 bits per heavy atom. The van der Waals surface area contributed by atoms with E-state index in [2.05, 4.69) is 26.2 Å². The van der Waals surface area contributed by atoms with Crippen molar-refractivity contribution < 1.29 is 14.1 Å². The molecule has 1 amide bonds. The molecule has 1 aromatic carbocycles. The Morgan fingerprint density at radius 1 is 1.38 bits per heavy atom. The summed E-state index contributed by atoms with van der Waals surface area (Å²) in [5.41, 5.74) is 0.0649. The Labute approximate surface area is 127 Å². The summed E-state index contributed by atoms with van der Waals surface area (Å²) in [4.78, 5) is 25.9. The number of pyridine rings is 1. The molecule has 2 aromatic rings. The first-order chi connectivity index (χ1) is 9.86. The van der Waals surface area contributed by atoms with Crippen molar-refractivity contribution >= 4 is 33.3 Å². The fourth-order valence-electron chi connectivity index (χ4n) is 1.66. The average Bonchev–Trinajstić information content (AvgIpc) is 2.41. The van der Waals surface area contributed by atoms with Crippen LogP contribution in [-0.4, -0.2) is 15.8 Å². The maximum atomic E-state index is 13.3. The van der Waals surface area contributed by atoms with Gasteiger partial charge in [-0.3, -0.25) is 14.9 Å². The highest BCUT2D eigenvalue weighted by molar-refractivity contribution is 9.10. The van der Waals surface area contributed by atoms with Crippen molar-refractivity contribution in [3.63, 3.8) is 0 Å². The number of hydrogen-bond acceptors (Lipinski definition) is 4. The molecular weight excluding hydrogens is 345 g/mol. The molecule has 0 saturated carbocycles. The van der Waals surface area contributed by atoms with Gasteiger partial charge in [-0.2, -0.15) is 0 Å². The minimum absolute atomic E-state index is 0.147. The zero-order chi connectivity index (χ0) is 15.6. The van der Waals surface area contributed by atoms with Crippen LogP contribution in [0, 0.1) is 22.9 Å². The lowest BCUT2D eigenvalue weighted by Crippen LogP contribution is -2.14. The van der Waals surface area contributed by atoms with Crippen LogP contribution in [0.5, 0.6) is 0 Å². The second-order valence-electron chi connectivity index (χ2n) is 4.23. The molecule has 0 radical (unpaired) electrons. The minimum atomic E-state index is -0.852. The van der Waals surface area contributed by atoms with Gasteiger partial charge in [-0.05, 0) is 40.5 Å². The zero-order valence-corrected chi connectivity index (χ0v) is 12.3. The number of benzene rings is 1. The van der Waals surface area contributed by atoms with Gasteiger partial charge in [0, 0.05) is 22.3 Å².